The molecule has 0 atom stereocenters. The maximum atomic E-state index is 5.58. The average molecular weight is 193 g/mol. The maximum absolute atomic E-state index is 5.58. The Morgan fingerprint density at radius 1 is 1.07 bits per heavy atom. The Labute approximate surface area is 83.4 Å². The third-order valence-electron chi connectivity index (χ3n) is 2.39. The van der Waals surface area contributed by atoms with E-state index in [1.165, 1.54) is 19.3 Å². The first-order chi connectivity index (χ1) is 6.75. The fraction of sp³-hybridized carbons (Fsp3) is 0.667. The van der Waals surface area contributed by atoms with Gasteiger partial charge in [0.25, 0.3) is 0 Å². The lowest BCUT2D eigenvalue weighted by Crippen LogP contribution is -2.31. The molecule has 0 saturated carbocycles. The first kappa shape index (κ1) is 9.18. The maximum Gasteiger partial charge on any atom is 0.230 e. The Kier molecular flexibility index (Phi) is 2.47. The van der Waals surface area contributed by atoms with Crippen molar-refractivity contribution in [1.29, 1.82) is 0 Å². The number of nitrogens with zero attached hydrogens (tertiary/aromatic N) is 4. The van der Waals surface area contributed by atoms with Gasteiger partial charge in [-0.25, -0.2) is 0 Å². The molecular formula is C9H15N5. The topological polar surface area (TPSA) is 67.9 Å². The van der Waals surface area contributed by atoms with E-state index < -0.39 is 0 Å². The van der Waals surface area contributed by atoms with Crippen molar-refractivity contribution in [1.82, 2.24) is 15.0 Å². The van der Waals surface area contributed by atoms with Crippen molar-refractivity contribution >= 4 is 11.9 Å². The van der Waals surface area contributed by atoms with Gasteiger partial charge in [0.2, 0.25) is 11.9 Å². The summed E-state index contributed by atoms with van der Waals surface area (Å²) < 4.78 is 0. The van der Waals surface area contributed by atoms with E-state index in [4.69, 9.17) is 5.73 Å². The van der Waals surface area contributed by atoms with Crippen LogP contribution in [0.3, 0.4) is 0 Å². The second kappa shape index (κ2) is 3.77. The summed E-state index contributed by atoms with van der Waals surface area (Å²) in [6.07, 6.45) is 3.73. The SMILES string of the molecule is Cc1nc(N)nc(N2CCCCC2)n1. The fourth-order valence-corrected chi connectivity index (χ4v) is 1.72. The molecule has 5 heteroatoms. The minimum absolute atomic E-state index is 0.318. The molecule has 1 aliphatic heterocycles. The van der Waals surface area contributed by atoms with Gasteiger partial charge in [0.1, 0.15) is 5.82 Å². The fourth-order valence-electron chi connectivity index (χ4n) is 1.72. The Hall–Kier alpha value is -1.39. The van der Waals surface area contributed by atoms with Gasteiger partial charge in [-0.2, -0.15) is 15.0 Å². The molecule has 1 saturated heterocycles. The third-order valence-corrected chi connectivity index (χ3v) is 2.39. The molecule has 0 unspecified atom stereocenters. The first-order valence-corrected chi connectivity index (χ1v) is 4.99. The number of piperidine rings is 1. The number of aryl methyl sites for hydroxylation is 1. The number of hydrogen-bond donors (Lipinski definition) is 1. The molecular weight excluding hydrogens is 178 g/mol. The lowest BCUT2D eigenvalue weighted by molar-refractivity contribution is 0.567. The summed E-state index contributed by atoms with van der Waals surface area (Å²) in [5.41, 5.74) is 5.58. The zero-order chi connectivity index (χ0) is 9.97. The van der Waals surface area contributed by atoms with E-state index in [1.54, 1.807) is 0 Å². The van der Waals surface area contributed by atoms with Crippen LogP contribution in [0.1, 0.15) is 25.1 Å². The zero-order valence-corrected chi connectivity index (χ0v) is 8.40. The van der Waals surface area contributed by atoms with E-state index in [9.17, 15) is 0 Å². The highest BCUT2D eigenvalue weighted by Gasteiger charge is 2.14. The summed E-state index contributed by atoms with van der Waals surface area (Å²) in [6, 6.07) is 0. The van der Waals surface area contributed by atoms with Crippen molar-refractivity contribution in [2.75, 3.05) is 23.7 Å². The standard InChI is InChI=1S/C9H15N5/c1-7-11-8(10)13-9(12-7)14-5-3-2-4-6-14/h2-6H2,1H3,(H2,10,11,12,13). The lowest BCUT2D eigenvalue weighted by Gasteiger charge is -2.26. The summed E-state index contributed by atoms with van der Waals surface area (Å²) in [4.78, 5) is 14.6. The Balaban J connectivity index is 2.21. The van der Waals surface area contributed by atoms with Gasteiger partial charge in [0.05, 0.1) is 0 Å². The predicted octanol–water partition coefficient (Wildman–Crippen LogP) is 0.753. The molecule has 1 aromatic rings. The highest BCUT2D eigenvalue weighted by Crippen LogP contribution is 2.15. The molecule has 5 nitrogen and oxygen atoms in total. The van der Waals surface area contributed by atoms with Crippen LogP contribution in [0.2, 0.25) is 0 Å². The van der Waals surface area contributed by atoms with E-state index >= 15 is 0 Å². The van der Waals surface area contributed by atoms with Crippen LogP contribution in [0.25, 0.3) is 0 Å². The molecule has 1 aliphatic rings. The molecule has 0 aliphatic carbocycles. The number of nitrogens with two attached hydrogens (primary N) is 1. The molecule has 2 N–H and O–H groups in total. The predicted molar refractivity (Wildman–Crippen MR) is 55.0 cm³/mol. The van der Waals surface area contributed by atoms with Gasteiger partial charge in [0, 0.05) is 13.1 Å². The van der Waals surface area contributed by atoms with Gasteiger partial charge >= 0.3 is 0 Å². The number of nitrogen functional groups attached to an aromatic ring is 1. The normalized spacial score (nSPS) is 17.1. The number of hydrogen-bond acceptors (Lipinski definition) is 5. The van der Waals surface area contributed by atoms with Crippen LogP contribution in [-0.2, 0) is 0 Å². The molecule has 2 rings (SSSR count). The second-order valence-corrected chi connectivity index (χ2v) is 3.59. The van der Waals surface area contributed by atoms with Crippen molar-refractivity contribution < 1.29 is 0 Å². The lowest BCUT2D eigenvalue weighted by atomic mass is 10.1. The van der Waals surface area contributed by atoms with Crippen molar-refractivity contribution in [3.63, 3.8) is 0 Å². The van der Waals surface area contributed by atoms with Crippen LogP contribution in [-0.4, -0.2) is 28.0 Å². The Morgan fingerprint density at radius 2 is 1.79 bits per heavy atom. The minimum atomic E-state index is 0.318. The van der Waals surface area contributed by atoms with E-state index in [1.807, 2.05) is 6.92 Å². The van der Waals surface area contributed by atoms with Crippen molar-refractivity contribution in [2.24, 2.45) is 0 Å². The van der Waals surface area contributed by atoms with Crippen LogP contribution < -0.4 is 10.6 Å². The largest absolute Gasteiger partial charge is 0.368 e. The third kappa shape index (κ3) is 1.92. The van der Waals surface area contributed by atoms with E-state index in [0.29, 0.717) is 11.8 Å². The van der Waals surface area contributed by atoms with Crippen LogP contribution in [0.15, 0.2) is 0 Å². The quantitative estimate of drug-likeness (QED) is 0.713. The zero-order valence-electron chi connectivity index (χ0n) is 8.40. The Bertz CT molecular complexity index is 299. The molecule has 0 radical (unpaired) electrons. The highest BCUT2D eigenvalue weighted by atomic mass is 15.3. The summed E-state index contributed by atoms with van der Waals surface area (Å²) >= 11 is 0. The van der Waals surface area contributed by atoms with Gasteiger partial charge in [-0.1, -0.05) is 0 Å². The highest BCUT2D eigenvalue weighted by molar-refractivity contribution is 5.34. The summed E-state index contributed by atoms with van der Waals surface area (Å²) in [5, 5.41) is 0. The molecule has 1 aromatic heterocycles. The molecule has 0 bridgehead atoms. The van der Waals surface area contributed by atoms with Crippen molar-refractivity contribution in [2.45, 2.75) is 26.2 Å². The van der Waals surface area contributed by atoms with E-state index in [0.717, 1.165) is 19.0 Å². The molecule has 1 fully saturated rings. The van der Waals surface area contributed by atoms with Gasteiger partial charge < -0.3 is 10.6 Å². The van der Waals surface area contributed by atoms with E-state index in [2.05, 4.69) is 19.9 Å². The van der Waals surface area contributed by atoms with Gasteiger partial charge in [-0.15, -0.1) is 0 Å². The molecule has 0 aromatic carbocycles. The van der Waals surface area contributed by atoms with Gasteiger partial charge in [0.15, 0.2) is 0 Å². The molecule has 76 valence electrons. The number of aromatic nitrogens is 3. The number of anilines is 2. The van der Waals surface area contributed by atoms with Gasteiger partial charge in [-0.05, 0) is 26.2 Å². The van der Waals surface area contributed by atoms with Gasteiger partial charge in [-0.3, -0.25) is 0 Å². The first-order valence-electron chi connectivity index (χ1n) is 4.99. The Morgan fingerprint density at radius 3 is 2.43 bits per heavy atom. The number of rotatable bonds is 1. The van der Waals surface area contributed by atoms with Crippen LogP contribution >= 0.6 is 0 Å². The van der Waals surface area contributed by atoms with Crippen LogP contribution in [0, 0.1) is 6.92 Å². The van der Waals surface area contributed by atoms with Crippen LogP contribution in [0.5, 0.6) is 0 Å². The smallest absolute Gasteiger partial charge is 0.230 e. The summed E-state index contributed by atoms with van der Waals surface area (Å²) in [6.45, 7) is 3.90. The average Bonchev–Trinajstić information content (AvgIpc) is 2.18. The summed E-state index contributed by atoms with van der Waals surface area (Å²) in [5.74, 6) is 1.74. The van der Waals surface area contributed by atoms with Crippen molar-refractivity contribution in [3.05, 3.63) is 5.82 Å². The molecule has 0 amide bonds. The molecule has 2 heterocycles. The monoisotopic (exact) mass is 193 g/mol. The minimum Gasteiger partial charge on any atom is -0.368 e. The molecule has 14 heavy (non-hydrogen) atoms. The van der Waals surface area contributed by atoms with E-state index in [-0.39, 0.29) is 0 Å². The van der Waals surface area contributed by atoms with Crippen molar-refractivity contribution in [3.8, 4) is 0 Å². The molecule has 0 spiro atoms. The second-order valence-electron chi connectivity index (χ2n) is 3.59. The summed E-state index contributed by atoms with van der Waals surface area (Å²) in [7, 11) is 0. The van der Waals surface area contributed by atoms with Crippen LogP contribution in [0.4, 0.5) is 11.9 Å².